The monoisotopic (exact) mass is 419 g/mol. The summed E-state index contributed by atoms with van der Waals surface area (Å²) in [5, 5.41) is 8.54. The second-order valence-electron chi connectivity index (χ2n) is 7.63. The molecule has 5 heteroatoms. The molecule has 1 N–H and O–H groups in total. The van der Waals surface area contributed by atoms with Crippen LogP contribution in [-0.4, -0.2) is 28.3 Å². The fourth-order valence-corrected chi connectivity index (χ4v) is 3.40. The molecule has 5 nitrogen and oxygen atoms in total. The third kappa shape index (κ3) is 6.17. The summed E-state index contributed by atoms with van der Waals surface area (Å²) in [4.78, 5) is 17.2. The molecule has 162 valence electrons. The third-order valence-corrected chi connectivity index (χ3v) is 5.01. The van der Waals surface area contributed by atoms with E-state index in [9.17, 15) is 4.79 Å². The van der Waals surface area contributed by atoms with Gasteiger partial charge in [-0.3, -0.25) is 10.1 Å². The van der Waals surface area contributed by atoms with E-state index in [0.717, 1.165) is 17.5 Å². The normalized spacial score (nSPS) is 12.3. The van der Waals surface area contributed by atoms with Gasteiger partial charge in [0.05, 0.1) is 5.69 Å². The first kappa shape index (κ1) is 22.5. The van der Waals surface area contributed by atoms with Crippen molar-refractivity contribution in [3.05, 3.63) is 94.8 Å². The van der Waals surface area contributed by atoms with E-state index in [1.807, 2.05) is 91.4 Å². The first-order chi connectivity index (χ1) is 15.0. The molecule has 0 saturated carbocycles. The summed E-state index contributed by atoms with van der Waals surface area (Å²) in [6.07, 6.45) is 6.71. The van der Waals surface area contributed by atoms with Crippen molar-refractivity contribution in [2.75, 3.05) is 6.61 Å². The van der Waals surface area contributed by atoms with Gasteiger partial charge in [0.1, 0.15) is 18.5 Å². The Hall–Kier alpha value is -3.15. The number of rotatable bonds is 10. The van der Waals surface area contributed by atoms with E-state index in [-0.39, 0.29) is 18.5 Å². The molecule has 0 aliphatic rings. The molecule has 0 amide bonds. The largest absolute Gasteiger partial charge is 0.488 e. The molecule has 0 spiro atoms. The highest BCUT2D eigenvalue weighted by molar-refractivity contribution is 6.08. The number of ether oxygens (including phenoxy) is 1. The average molecular weight is 420 g/mol. The smallest absolute Gasteiger partial charge is 0.209 e. The van der Waals surface area contributed by atoms with Crippen LogP contribution in [0, 0.1) is 6.92 Å². The Morgan fingerprint density at radius 1 is 1.16 bits per heavy atom. The number of carbonyl (C=O) groups excluding carboxylic acids is 1. The summed E-state index contributed by atoms with van der Waals surface area (Å²) >= 11 is 0. The van der Waals surface area contributed by atoms with Crippen molar-refractivity contribution in [3.63, 3.8) is 0 Å². The van der Waals surface area contributed by atoms with Gasteiger partial charge in [-0.2, -0.15) is 0 Å². The highest BCUT2D eigenvalue weighted by Gasteiger charge is 2.14. The van der Waals surface area contributed by atoms with Crippen LogP contribution in [0.1, 0.15) is 46.6 Å². The van der Waals surface area contributed by atoms with Crippen molar-refractivity contribution in [3.8, 4) is 5.75 Å². The van der Waals surface area contributed by atoms with Gasteiger partial charge in [-0.05, 0) is 55.2 Å². The van der Waals surface area contributed by atoms with Crippen LogP contribution in [0.5, 0.6) is 5.75 Å². The molecule has 0 saturated heterocycles. The Labute approximate surface area is 183 Å². The lowest BCUT2D eigenvalue weighted by Crippen LogP contribution is -2.18. The Kier molecular flexibility index (Phi) is 7.82. The number of aromatic nitrogens is 1. The van der Waals surface area contributed by atoms with Crippen LogP contribution in [0.25, 0.3) is 6.08 Å². The van der Waals surface area contributed by atoms with Crippen LogP contribution >= 0.6 is 0 Å². The van der Waals surface area contributed by atoms with E-state index in [1.165, 1.54) is 5.56 Å². The Balaban J connectivity index is 1.71. The second kappa shape index (κ2) is 10.8. The van der Waals surface area contributed by atoms with E-state index in [0.29, 0.717) is 23.6 Å². The number of hydrogen-bond donors (Lipinski definition) is 1. The molecule has 0 bridgehead atoms. The molecule has 0 fully saturated rings. The lowest BCUT2D eigenvalue weighted by Gasteiger charge is -2.13. The van der Waals surface area contributed by atoms with Gasteiger partial charge in [0.25, 0.3) is 0 Å². The number of benzene rings is 2. The number of hydrogen-bond acceptors (Lipinski definition) is 4. The molecule has 3 rings (SSSR count). The Bertz CT molecular complexity index is 1030. The predicted octanol–water partition coefficient (Wildman–Crippen LogP) is 5.56. The lowest BCUT2D eigenvalue weighted by molar-refractivity contribution is -0.253. The second-order valence-corrected chi connectivity index (χ2v) is 7.63. The van der Waals surface area contributed by atoms with Crippen LogP contribution in [0.3, 0.4) is 0 Å². The van der Waals surface area contributed by atoms with Gasteiger partial charge >= 0.3 is 0 Å². The maximum absolute atomic E-state index is 13.0. The molecule has 0 radical (unpaired) electrons. The maximum Gasteiger partial charge on any atom is 0.209 e. The number of nitrogens with zero attached hydrogens (tertiary/aromatic N) is 1. The Morgan fingerprint density at radius 3 is 2.65 bits per heavy atom. The van der Waals surface area contributed by atoms with E-state index in [2.05, 4.69) is 11.8 Å². The fraction of sp³-hybridized carbons (Fsp3) is 0.269. The van der Waals surface area contributed by atoms with Crippen molar-refractivity contribution in [1.82, 2.24) is 4.57 Å². The van der Waals surface area contributed by atoms with Gasteiger partial charge in [0.15, 0.2) is 0 Å². The summed E-state index contributed by atoms with van der Waals surface area (Å²) in [5.74, 6) is 0.731. The molecule has 0 aliphatic heterocycles. The minimum Gasteiger partial charge on any atom is -0.488 e. The summed E-state index contributed by atoms with van der Waals surface area (Å²) < 4.78 is 7.69. The molecule has 3 aromatic rings. The quantitative estimate of drug-likeness (QED) is 0.265. The van der Waals surface area contributed by atoms with Gasteiger partial charge in [-0.25, -0.2) is 4.89 Å². The van der Waals surface area contributed by atoms with Crippen molar-refractivity contribution in [1.29, 1.82) is 0 Å². The van der Waals surface area contributed by atoms with Crippen molar-refractivity contribution in [2.24, 2.45) is 0 Å². The van der Waals surface area contributed by atoms with Crippen molar-refractivity contribution in [2.45, 2.75) is 39.8 Å². The van der Waals surface area contributed by atoms with Gasteiger partial charge in [0, 0.05) is 18.3 Å². The van der Waals surface area contributed by atoms with Gasteiger partial charge in [-0.15, -0.1) is 0 Å². The van der Waals surface area contributed by atoms with Crippen LogP contribution in [-0.2, 0) is 17.9 Å². The molecule has 1 atom stereocenters. The topological polar surface area (TPSA) is 60.7 Å². The van der Waals surface area contributed by atoms with Crippen molar-refractivity contribution >= 4 is 11.9 Å². The molecule has 1 aromatic heterocycles. The molecule has 2 aromatic carbocycles. The van der Waals surface area contributed by atoms with E-state index >= 15 is 0 Å². The minimum absolute atomic E-state index is 0.0274. The molecule has 1 heterocycles. The van der Waals surface area contributed by atoms with Crippen molar-refractivity contribution < 1.29 is 19.7 Å². The van der Waals surface area contributed by atoms with Gasteiger partial charge in [-0.1, -0.05) is 55.5 Å². The SMILES string of the molecule is CCc1ccc(C(=O)c2cc(C)cn2CC=Cc2cccc(O[C@@H](C)COO)c2)cc1. The van der Waals surface area contributed by atoms with Crippen LogP contribution in [0.15, 0.2) is 66.9 Å². The average Bonchev–Trinajstić information content (AvgIpc) is 3.14. The zero-order chi connectivity index (χ0) is 22.2. The van der Waals surface area contributed by atoms with Crippen LogP contribution < -0.4 is 4.74 Å². The van der Waals surface area contributed by atoms with Gasteiger partial charge < -0.3 is 9.30 Å². The number of allylic oxidation sites excluding steroid dienone is 1. The highest BCUT2D eigenvalue weighted by atomic mass is 17.1. The predicted molar refractivity (Wildman–Crippen MR) is 123 cm³/mol. The summed E-state index contributed by atoms with van der Waals surface area (Å²) in [5.41, 5.74) is 4.64. The van der Waals surface area contributed by atoms with E-state index < -0.39 is 0 Å². The third-order valence-electron chi connectivity index (χ3n) is 5.01. The first-order valence-electron chi connectivity index (χ1n) is 10.5. The zero-order valence-electron chi connectivity index (χ0n) is 18.2. The number of carbonyl (C=O) groups is 1. The summed E-state index contributed by atoms with van der Waals surface area (Å²) in [7, 11) is 0. The fourth-order valence-electron chi connectivity index (χ4n) is 3.40. The summed E-state index contributed by atoms with van der Waals surface area (Å²) in [6.45, 7) is 6.60. The Morgan fingerprint density at radius 2 is 1.94 bits per heavy atom. The van der Waals surface area contributed by atoms with Gasteiger partial charge in [0.2, 0.25) is 5.78 Å². The first-order valence-corrected chi connectivity index (χ1v) is 10.5. The van der Waals surface area contributed by atoms with Crippen LogP contribution in [0.4, 0.5) is 0 Å². The molecule has 0 aliphatic carbocycles. The lowest BCUT2D eigenvalue weighted by atomic mass is 10.0. The molecular weight excluding hydrogens is 390 g/mol. The van der Waals surface area contributed by atoms with E-state index in [1.54, 1.807) is 0 Å². The molecule has 0 unspecified atom stereocenters. The number of aryl methyl sites for hydroxylation is 2. The zero-order valence-corrected chi connectivity index (χ0v) is 18.2. The highest BCUT2D eigenvalue weighted by Crippen LogP contribution is 2.18. The number of ketones is 1. The van der Waals surface area contributed by atoms with E-state index in [4.69, 9.17) is 9.99 Å². The standard InChI is InChI=1S/C26H29NO4/c1-4-21-10-12-23(13-11-21)26(28)25-15-19(2)17-27(25)14-6-8-22-7-5-9-24(16-22)31-20(3)18-30-29/h5-13,15-17,20,29H,4,14,18H2,1-3H3/t20-/m0/s1. The molecular formula is C26H29NO4. The maximum atomic E-state index is 13.0. The van der Waals surface area contributed by atoms with Crippen LogP contribution in [0.2, 0.25) is 0 Å². The minimum atomic E-state index is -0.257. The summed E-state index contributed by atoms with van der Waals surface area (Å²) in [6, 6.07) is 17.4. The molecule has 31 heavy (non-hydrogen) atoms.